The Balaban J connectivity index is 1.54. The lowest BCUT2D eigenvalue weighted by Gasteiger charge is -2.25. The van der Waals surface area contributed by atoms with E-state index < -0.39 is 12.3 Å². The molecule has 0 bridgehead atoms. The molecule has 4 rings (SSSR count). The molecule has 0 unspecified atom stereocenters. The molecule has 7 nitrogen and oxygen atoms in total. The highest BCUT2D eigenvalue weighted by Crippen LogP contribution is 2.31. The van der Waals surface area contributed by atoms with Gasteiger partial charge < -0.3 is 14.2 Å². The minimum atomic E-state index is -0.967. The summed E-state index contributed by atoms with van der Waals surface area (Å²) in [4.78, 5) is 8.52. The minimum Gasteiger partial charge on any atom is -0.470 e. The number of hydrogen-bond acceptors (Lipinski definition) is 6. The molecule has 0 aliphatic heterocycles. The summed E-state index contributed by atoms with van der Waals surface area (Å²) in [7, 11) is 0. The smallest absolute Gasteiger partial charge is 0.233 e. The maximum absolute atomic E-state index is 13.9. The first kappa shape index (κ1) is 17.4. The summed E-state index contributed by atoms with van der Waals surface area (Å²) in [6.07, 6.45) is 6.71. The van der Waals surface area contributed by atoms with Crippen LogP contribution in [0.3, 0.4) is 0 Å². The van der Waals surface area contributed by atoms with Crippen LogP contribution in [0.5, 0.6) is 11.6 Å². The first-order valence-corrected chi connectivity index (χ1v) is 8.83. The van der Waals surface area contributed by atoms with E-state index in [1.807, 2.05) is 6.07 Å². The molecule has 1 N–H and O–H groups in total. The van der Waals surface area contributed by atoms with Gasteiger partial charge in [0.1, 0.15) is 12.3 Å². The van der Waals surface area contributed by atoms with Gasteiger partial charge in [-0.1, -0.05) is 6.42 Å². The van der Waals surface area contributed by atoms with Crippen molar-refractivity contribution in [3.05, 3.63) is 49.1 Å². The lowest BCUT2D eigenvalue weighted by atomic mass is 9.96. The van der Waals surface area contributed by atoms with Crippen LogP contribution < -0.4 is 9.62 Å². The Kier molecular flexibility index (Phi) is 4.97. The third-order valence-electron chi connectivity index (χ3n) is 4.68. The molecule has 140 valence electrons. The molecule has 1 aromatic carbocycles. The van der Waals surface area contributed by atoms with E-state index in [4.69, 9.17) is 4.74 Å². The van der Waals surface area contributed by atoms with E-state index in [-0.39, 0.29) is 11.6 Å². The molecule has 2 aromatic heterocycles. The van der Waals surface area contributed by atoms with Gasteiger partial charge in [0.2, 0.25) is 5.88 Å². The number of benzene rings is 1. The predicted octanol–water partition coefficient (Wildman–Crippen LogP) is 3.84. The number of rotatable bonds is 5. The number of hydrogen-bond donors (Lipinski definition) is 1. The Hall–Kier alpha value is -3.00. The van der Waals surface area contributed by atoms with Gasteiger partial charge in [0.05, 0.1) is 17.7 Å². The average molecular weight is 370 g/mol. The zero-order chi connectivity index (χ0) is 18.6. The maximum Gasteiger partial charge on any atom is 0.233 e. The number of halogens is 1. The molecular weight excluding hydrogens is 351 g/mol. The van der Waals surface area contributed by atoms with Crippen LogP contribution in [0.25, 0.3) is 16.9 Å². The Labute approximate surface area is 155 Å². The summed E-state index contributed by atoms with van der Waals surface area (Å²) in [5, 5.41) is 17.4. The van der Waals surface area contributed by atoms with Gasteiger partial charge in [0.15, 0.2) is 5.75 Å². The van der Waals surface area contributed by atoms with Gasteiger partial charge in [-0.15, -0.1) is 10.2 Å². The van der Waals surface area contributed by atoms with Crippen LogP contribution in [0.2, 0.25) is 0 Å². The number of nitrogens with zero attached hydrogens (tertiary/aromatic N) is 4. The molecular formula is C19H19FN4O3. The van der Waals surface area contributed by atoms with Crippen LogP contribution in [-0.4, -0.2) is 37.3 Å². The molecule has 3 aromatic rings. The summed E-state index contributed by atoms with van der Waals surface area (Å²) in [6.45, 7) is 0. The summed E-state index contributed by atoms with van der Waals surface area (Å²) >= 11 is 0. The van der Waals surface area contributed by atoms with Crippen LogP contribution >= 0.6 is 0 Å². The fourth-order valence-electron chi connectivity index (χ4n) is 3.24. The first-order valence-electron chi connectivity index (χ1n) is 8.83. The molecule has 8 heteroatoms. The highest BCUT2D eigenvalue weighted by Gasteiger charge is 2.26. The molecule has 0 amide bonds. The summed E-state index contributed by atoms with van der Waals surface area (Å²) < 4.78 is 21.3. The van der Waals surface area contributed by atoms with E-state index in [0.29, 0.717) is 24.1 Å². The van der Waals surface area contributed by atoms with Gasteiger partial charge in [-0.05, 0) is 37.5 Å². The molecule has 1 aliphatic rings. The van der Waals surface area contributed by atoms with Crippen molar-refractivity contribution < 1.29 is 19.3 Å². The zero-order valence-corrected chi connectivity index (χ0v) is 14.5. The van der Waals surface area contributed by atoms with E-state index in [1.165, 1.54) is 0 Å². The Morgan fingerprint density at radius 2 is 2.00 bits per heavy atom. The van der Waals surface area contributed by atoms with Crippen molar-refractivity contribution in [1.29, 1.82) is 0 Å². The Bertz CT molecular complexity index is 886. The maximum atomic E-state index is 13.9. The zero-order valence-electron chi connectivity index (χ0n) is 14.5. The van der Waals surface area contributed by atoms with Crippen molar-refractivity contribution in [3.63, 3.8) is 0 Å². The number of ether oxygens (including phenoxy) is 1. The molecule has 0 spiro atoms. The second-order valence-electron chi connectivity index (χ2n) is 6.46. The molecule has 1 fully saturated rings. The fourth-order valence-corrected chi connectivity index (χ4v) is 3.24. The largest absolute Gasteiger partial charge is 0.470 e. The van der Waals surface area contributed by atoms with Crippen molar-refractivity contribution in [3.8, 4) is 28.6 Å². The fraction of sp³-hybridized carbons (Fsp3) is 0.316. The van der Waals surface area contributed by atoms with Crippen molar-refractivity contribution >= 4 is 0 Å². The van der Waals surface area contributed by atoms with Crippen LogP contribution in [0.15, 0.2) is 49.1 Å². The molecule has 27 heavy (non-hydrogen) atoms. The predicted molar refractivity (Wildman–Crippen MR) is 95.6 cm³/mol. The van der Waals surface area contributed by atoms with Crippen LogP contribution in [-0.2, 0) is 0 Å². The van der Waals surface area contributed by atoms with Crippen LogP contribution in [0.1, 0.15) is 25.7 Å². The van der Waals surface area contributed by atoms with Gasteiger partial charge in [-0.2, -0.15) is 0 Å². The summed E-state index contributed by atoms with van der Waals surface area (Å²) in [5.41, 5.74) is 1.85. The standard InChI is InChI=1S/C19H19FN4O3/c20-15-3-1-2-4-17(15)26-19-8-7-16(22-23-19)14-6-5-13(11-18(14)27-25)24-10-9-21-12-24/h5-12,15,17,25H,1-4H2/t15-,17+/m0/s1. The summed E-state index contributed by atoms with van der Waals surface area (Å²) in [5.74, 6) is 0.523. The number of alkyl halides is 1. The highest BCUT2D eigenvalue weighted by molar-refractivity contribution is 5.68. The molecule has 2 atom stereocenters. The third-order valence-corrected chi connectivity index (χ3v) is 4.68. The summed E-state index contributed by atoms with van der Waals surface area (Å²) in [6, 6.07) is 8.63. The van der Waals surface area contributed by atoms with Gasteiger partial charge >= 0.3 is 0 Å². The van der Waals surface area contributed by atoms with Gasteiger partial charge in [-0.3, -0.25) is 0 Å². The van der Waals surface area contributed by atoms with Crippen molar-refractivity contribution in [2.45, 2.75) is 38.0 Å². The quantitative estimate of drug-likeness (QED) is 0.543. The van der Waals surface area contributed by atoms with Crippen LogP contribution in [0.4, 0.5) is 4.39 Å². The second-order valence-corrected chi connectivity index (χ2v) is 6.46. The normalized spacial score (nSPS) is 19.6. The molecule has 1 aliphatic carbocycles. The number of aromatic nitrogens is 4. The van der Waals surface area contributed by atoms with E-state index in [9.17, 15) is 9.65 Å². The minimum absolute atomic E-state index is 0.236. The highest BCUT2D eigenvalue weighted by atomic mass is 19.1. The monoisotopic (exact) mass is 370 g/mol. The lowest BCUT2D eigenvalue weighted by molar-refractivity contribution is -0.137. The van der Waals surface area contributed by atoms with E-state index >= 15 is 0 Å². The second kappa shape index (κ2) is 7.71. The molecule has 0 saturated heterocycles. The van der Waals surface area contributed by atoms with Crippen molar-refractivity contribution in [2.24, 2.45) is 0 Å². The van der Waals surface area contributed by atoms with E-state index in [0.717, 1.165) is 18.5 Å². The Morgan fingerprint density at radius 3 is 2.70 bits per heavy atom. The van der Waals surface area contributed by atoms with Crippen molar-refractivity contribution in [2.75, 3.05) is 0 Å². The first-order chi connectivity index (χ1) is 13.2. The van der Waals surface area contributed by atoms with Crippen LogP contribution in [0, 0.1) is 0 Å². The molecule has 1 saturated carbocycles. The molecule has 2 heterocycles. The lowest BCUT2D eigenvalue weighted by Crippen LogP contribution is -2.32. The molecule has 0 radical (unpaired) electrons. The van der Waals surface area contributed by atoms with Gasteiger partial charge in [0, 0.05) is 30.1 Å². The topological polar surface area (TPSA) is 82.3 Å². The van der Waals surface area contributed by atoms with Gasteiger partial charge in [0.25, 0.3) is 0 Å². The SMILES string of the molecule is OOc1cc(-n2ccnc2)ccc1-c1ccc(O[C@@H]2CCCC[C@@H]2F)nn1. The third kappa shape index (κ3) is 3.75. The van der Waals surface area contributed by atoms with Crippen molar-refractivity contribution in [1.82, 2.24) is 19.7 Å². The average Bonchev–Trinajstić information content (AvgIpc) is 3.25. The number of imidazole rings is 1. The van der Waals surface area contributed by atoms with E-state index in [2.05, 4.69) is 20.1 Å². The van der Waals surface area contributed by atoms with E-state index in [1.54, 1.807) is 47.6 Å². The van der Waals surface area contributed by atoms with Gasteiger partial charge in [-0.25, -0.2) is 14.6 Å². The Morgan fingerprint density at radius 1 is 1.11 bits per heavy atom.